The Hall–Kier alpha value is -1.06. The zero-order valence-corrected chi connectivity index (χ0v) is 25.1. The van der Waals surface area contributed by atoms with Gasteiger partial charge >= 0.3 is 5.97 Å². The van der Waals surface area contributed by atoms with E-state index in [1.807, 2.05) is 6.92 Å². The molecule has 1 heterocycles. The lowest BCUT2D eigenvalue weighted by molar-refractivity contribution is -0.167. The highest BCUT2D eigenvalue weighted by Gasteiger charge is 2.48. The highest BCUT2D eigenvalue weighted by molar-refractivity contribution is 5.78. The molecule has 0 aromatic heterocycles. The van der Waals surface area contributed by atoms with Crippen LogP contribution in [0.5, 0.6) is 0 Å². The van der Waals surface area contributed by atoms with Crippen molar-refractivity contribution < 1.29 is 14.3 Å². The summed E-state index contributed by atoms with van der Waals surface area (Å²) in [5.74, 6) is 0.112. The molecule has 0 N–H and O–H groups in total. The third-order valence-corrected chi connectivity index (χ3v) is 8.00. The quantitative estimate of drug-likeness (QED) is 0.122. The van der Waals surface area contributed by atoms with E-state index < -0.39 is 0 Å². The molecule has 0 aromatic rings. The van der Waals surface area contributed by atoms with Crippen LogP contribution >= 0.6 is 0 Å². The van der Waals surface area contributed by atoms with Crippen molar-refractivity contribution in [3.8, 4) is 0 Å². The molecule has 0 spiro atoms. The van der Waals surface area contributed by atoms with Gasteiger partial charge in [-0.3, -0.25) is 9.59 Å². The van der Waals surface area contributed by atoms with Crippen molar-refractivity contribution in [2.24, 2.45) is 0 Å². The Morgan fingerprint density at radius 3 is 1.36 bits per heavy atom. The highest BCUT2D eigenvalue weighted by Crippen LogP contribution is 2.40. The summed E-state index contributed by atoms with van der Waals surface area (Å²) in [4.78, 5) is 27.1. The first-order valence-corrected chi connectivity index (χ1v) is 15.7. The van der Waals surface area contributed by atoms with Gasteiger partial charge in [-0.25, -0.2) is 0 Å². The first kappa shape index (κ1) is 33.0. The number of nitrogens with zero attached hydrogens (tertiary/aromatic N) is 1. The van der Waals surface area contributed by atoms with Crippen LogP contribution in [-0.2, 0) is 14.3 Å². The fraction of sp³-hybridized carbons (Fsp3) is 0.938. The molecule has 0 bridgehead atoms. The summed E-state index contributed by atoms with van der Waals surface area (Å²) in [6, 6.07) is 0. The molecule has 4 heteroatoms. The normalized spacial score (nSPS) is 17.3. The molecule has 0 atom stereocenters. The lowest BCUT2D eigenvalue weighted by Crippen LogP contribution is -2.64. The Morgan fingerprint density at radius 1 is 0.639 bits per heavy atom. The molecule has 0 radical (unpaired) electrons. The maximum absolute atomic E-state index is 13.2. The second kappa shape index (κ2) is 18.2. The van der Waals surface area contributed by atoms with E-state index in [1.54, 1.807) is 0 Å². The van der Waals surface area contributed by atoms with Crippen LogP contribution in [0.25, 0.3) is 0 Å². The number of hydrogen-bond donors (Lipinski definition) is 0. The van der Waals surface area contributed by atoms with Crippen LogP contribution in [0.1, 0.15) is 176 Å². The Morgan fingerprint density at radius 2 is 1.00 bits per heavy atom. The minimum atomic E-state index is -0.299. The molecule has 0 unspecified atom stereocenters. The van der Waals surface area contributed by atoms with Gasteiger partial charge < -0.3 is 9.64 Å². The van der Waals surface area contributed by atoms with E-state index in [-0.39, 0.29) is 29.1 Å². The second-order valence-corrected chi connectivity index (χ2v) is 12.6. The third-order valence-electron chi connectivity index (χ3n) is 8.00. The standard InChI is InChI=1S/C32H61NO3/c1-7-9-10-11-12-13-14-15-16-17-18-19-20-21-22-23-24-25-29(34)33-31(3,4)26-28(27-32(33,5)6)36-30(35)8-2/h28H,7-27H2,1-6H3. The summed E-state index contributed by atoms with van der Waals surface area (Å²) >= 11 is 0. The minimum absolute atomic E-state index is 0.105. The van der Waals surface area contributed by atoms with E-state index in [2.05, 4.69) is 39.5 Å². The number of unbranched alkanes of at least 4 members (excludes halogenated alkanes) is 16. The van der Waals surface area contributed by atoms with Gasteiger partial charge in [-0.2, -0.15) is 0 Å². The van der Waals surface area contributed by atoms with Crippen LogP contribution in [0.15, 0.2) is 0 Å². The molecular formula is C32H61NO3. The van der Waals surface area contributed by atoms with Crippen LogP contribution in [0.2, 0.25) is 0 Å². The molecule has 1 rings (SSSR count). The van der Waals surface area contributed by atoms with Crippen molar-refractivity contribution in [2.45, 2.75) is 194 Å². The molecule has 1 aliphatic heterocycles. The number of amides is 1. The minimum Gasteiger partial charge on any atom is -0.462 e. The van der Waals surface area contributed by atoms with E-state index in [4.69, 9.17) is 4.74 Å². The predicted molar refractivity (Wildman–Crippen MR) is 153 cm³/mol. The predicted octanol–water partition coefficient (Wildman–Crippen LogP) is 9.53. The monoisotopic (exact) mass is 507 g/mol. The van der Waals surface area contributed by atoms with E-state index >= 15 is 0 Å². The number of ether oxygens (including phenoxy) is 1. The van der Waals surface area contributed by atoms with Crippen LogP contribution in [0.4, 0.5) is 0 Å². The van der Waals surface area contributed by atoms with Crippen LogP contribution in [-0.4, -0.2) is 34.0 Å². The lowest BCUT2D eigenvalue weighted by Gasteiger charge is -2.55. The van der Waals surface area contributed by atoms with Crippen molar-refractivity contribution in [2.75, 3.05) is 0 Å². The van der Waals surface area contributed by atoms with E-state index in [0.717, 1.165) is 12.8 Å². The molecule has 1 fully saturated rings. The van der Waals surface area contributed by atoms with Gasteiger partial charge in [-0.05, 0) is 34.1 Å². The number of piperidine rings is 1. The maximum atomic E-state index is 13.2. The van der Waals surface area contributed by atoms with Gasteiger partial charge in [0.2, 0.25) is 5.91 Å². The number of rotatable bonds is 20. The topological polar surface area (TPSA) is 46.6 Å². The molecule has 4 nitrogen and oxygen atoms in total. The summed E-state index contributed by atoms with van der Waals surface area (Å²) in [7, 11) is 0. The van der Waals surface area contributed by atoms with Crippen molar-refractivity contribution in [3.63, 3.8) is 0 Å². The van der Waals surface area contributed by atoms with E-state index in [9.17, 15) is 9.59 Å². The Labute approximate surface area is 224 Å². The summed E-state index contributed by atoms with van der Waals surface area (Å²) in [5, 5.41) is 0. The van der Waals surface area contributed by atoms with Gasteiger partial charge in [-0.1, -0.05) is 117 Å². The number of carbonyl (C=O) groups is 2. The average Bonchev–Trinajstić information content (AvgIpc) is 2.79. The van der Waals surface area contributed by atoms with Crippen LogP contribution in [0.3, 0.4) is 0 Å². The third kappa shape index (κ3) is 13.5. The fourth-order valence-corrected chi connectivity index (χ4v) is 6.33. The Balaban J connectivity index is 2.09. The average molecular weight is 508 g/mol. The number of likely N-dealkylation sites (tertiary alicyclic amines) is 1. The van der Waals surface area contributed by atoms with E-state index in [0.29, 0.717) is 25.7 Å². The summed E-state index contributed by atoms with van der Waals surface area (Å²) in [6.45, 7) is 12.6. The number of carbonyl (C=O) groups excluding carboxylic acids is 2. The van der Waals surface area contributed by atoms with Gasteiger partial charge in [0, 0.05) is 36.8 Å². The molecule has 0 aromatic carbocycles. The molecule has 1 saturated heterocycles. The van der Waals surface area contributed by atoms with Crippen LogP contribution in [0, 0.1) is 0 Å². The zero-order valence-electron chi connectivity index (χ0n) is 25.1. The van der Waals surface area contributed by atoms with Crippen LogP contribution < -0.4 is 0 Å². The second-order valence-electron chi connectivity index (χ2n) is 12.6. The van der Waals surface area contributed by atoms with Crippen molar-refractivity contribution in [1.29, 1.82) is 0 Å². The molecule has 36 heavy (non-hydrogen) atoms. The van der Waals surface area contributed by atoms with Gasteiger partial charge in [0.05, 0.1) is 0 Å². The van der Waals surface area contributed by atoms with Gasteiger partial charge in [0.15, 0.2) is 0 Å². The largest absolute Gasteiger partial charge is 0.462 e. The van der Waals surface area contributed by atoms with Crippen molar-refractivity contribution in [1.82, 2.24) is 4.90 Å². The SMILES string of the molecule is CCCCCCCCCCCCCCCCCCCC(=O)N1C(C)(C)CC(OC(=O)CC)CC1(C)C. The molecule has 1 aliphatic rings. The van der Waals surface area contributed by atoms with Crippen molar-refractivity contribution >= 4 is 11.9 Å². The number of hydrogen-bond acceptors (Lipinski definition) is 3. The molecule has 0 aliphatic carbocycles. The summed E-state index contributed by atoms with van der Waals surface area (Å²) in [5.41, 5.74) is -0.599. The molecule has 1 amide bonds. The lowest BCUT2D eigenvalue weighted by atomic mass is 9.77. The van der Waals surface area contributed by atoms with Crippen molar-refractivity contribution in [3.05, 3.63) is 0 Å². The van der Waals surface area contributed by atoms with E-state index in [1.165, 1.54) is 96.3 Å². The first-order chi connectivity index (χ1) is 17.1. The Kier molecular flexibility index (Phi) is 16.7. The molecule has 212 valence electrons. The first-order valence-electron chi connectivity index (χ1n) is 15.7. The maximum Gasteiger partial charge on any atom is 0.305 e. The fourth-order valence-electron chi connectivity index (χ4n) is 6.33. The highest BCUT2D eigenvalue weighted by atomic mass is 16.5. The zero-order chi connectivity index (χ0) is 26.9. The number of esters is 1. The Bertz CT molecular complexity index is 580. The smallest absolute Gasteiger partial charge is 0.305 e. The van der Waals surface area contributed by atoms with Gasteiger partial charge in [-0.15, -0.1) is 0 Å². The summed E-state index contributed by atoms with van der Waals surface area (Å²) < 4.78 is 5.66. The summed E-state index contributed by atoms with van der Waals surface area (Å²) in [6.07, 6.45) is 25.3. The molecule has 0 saturated carbocycles. The molecular weight excluding hydrogens is 446 g/mol. The van der Waals surface area contributed by atoms with Gasteiger partial charge in [0.25, 0.3) is 0 Å². The van der Waals surface area contributed by atoms with Gasteiger partial charge in [0.1, 0.15) is 6.10 Å².